The Morgan fingerprint density at radius 2 is 2.12 bits per heavy atom. The largest absolute Gasteiger partial charge is 0.432 e. The predicted molar refractivity (Wildman–Crippen MR) is 62.9 cm³/mol. The molecular weight excluding hydrogens is 247 g/mol. The number of rotatable bonds is 1. The maximum Gasteiger partial charge on any atom is 0.306 e. The molecule has 0 atom stereocenters. The van der Waals surface area contributed by atoms with Gasteiger partial charge >= 0.3 is 5.84 Å². The van der Waals surface area contributed by atoms with E-state index in [9.17, 15) is 0 Å². The number of halogens is 2. The van der Waals surface area contributed by atoms with E-state index in [1.165, 1.54) is 0 Å². The van der Waals surface area contributed by atoms with Crippen LogP contribution in [0, 0.1) is 0 Å². The van der Waals surface area contributed by atoms with Gasteiger partial charge in [-0.25, -0.2) is 0 Å². The molecule has 0 radical (unpaired) electrons. The minimum Gasteiger partial charge on any atom is -0.432 e. The first-order chi connectivity index (χ1) is 7.74. The summed E-state index contributed by atoms with van der Waals surface area (Å²) in [7, 11) is 0. The number of aromatic nitrogens is 2. The van der Waals surface area contributed by atoms with Crippen molar-refractivity contribution in [2.24, 2.45) is 0 Å². The molecule has 0 N–H and O–H groups in total. The van der Waals surface area contributed by atoms with E-state index >= 15 is 0 Å². The van der Waals surface area contributed by atoms with Crippen molar-refractivity contribution in [3.05, 3.63) is 46.9 Å². The Morgan fingerprint density at radius 1 is 1.25 bits per heavy atom. The van der Waals surface area contributed by atoms with Gasteiger partial charge in [-0.2, -0.15) is 4.98 Å². The minimum absolute atomic E-state index is 0.533. The molecule has 3 aromatic rings. The number of hydrogen-bond donors (Lipinski definition) is 0. The van der Waals surface area contributed by atoms with E-state index in [0.717, 1.165) is 11.3 Å². The molecule has 0 aliphatic heterocycles. The van der Waals surface area contributed by atoms with Crippen LogP contribution in [0.1, 0.15) is 0 Å². The molecule has 0 bridgehead atoms. The molecule has 1 aromatic carbocycles. The fourth-order valence-corrected chi connectivity index (χ4v) is 1.94. The minimum atomic E-state index is 0.533. The molecule has 2 aromatic heterocycles. The average Bonchev–Trinajstić information content (AvgIpc) is 2.81. The Labute approximate surface area is 101 Å². The third-order valence-electron chi connectivity index (χ3n) is 2.30. The summed E-state index contributed by atoms with van der Waals surface area (Å²) in [5.41, 5.74) is 1.54. The van der Waals surface area contributed by atoms with Crippen LogP contribution in [0.25, 0.3) is 17.1 Å². The summed E-state index contributed by atoms with van der Waals surface area (Å²) in [5.74, 6) is 0.533. The zero-order chi connectivity index (χ0) is 11.1. The van der Waals surface area contributed by atoms with Crippen LogP contribution >= 0.6 is 23.2 Å². The predicted octanol–water partition coefficient (Wildman–Crippen LogP) is 3.90. The zero-order valence-electron chi connectivity index (χ0n) is 8.02. The summed E-state index contributed by atoms with van der Waals surface area (Å²) in [4.78, 5) is 4.30. The van der Waals surface area contributed by atoms with Gasteiger partial charge in [0.15, 0.2) is 0 Å². The second-order valence-electron chi connectivity index (χ2n) is 3.34. The third-order valence-corrected chi connectivity index (χ3v) is 2.86. The molecular formula is C11H6Cl2N2O. The molecule has 0 saturated heterocycles. The van der Waals surface area contributed by atoms with Crippen LogP contribution in [0.4, 0.5) is 0 Å². The second-order valence-corrected chi connectivity index (χ2v) is 4.19. The number of imidazole rings is 1. The first kappa shape index (κ1) is 9.75. The quantitative estimate of drug-likeness (QED) is 0.658. The first-order valence-corrected chi connectivity index (χ1v) is 5.37. The van der Waals surface area contributed by atoms with E-state index in [0.29, 0.717) is 15.9 Å². The summed E-state index contributed by atoms with van der Waals surface area (Å²) < 4.78 is 6.95. The van der Waals surface area contributed by atoms with E-state index in [4.69, 9.17) is 27.6 Å². The lowest BCUT2D eigenvalue weighted by atomic mass is 10.2. The second kappa shape index (κ2) is 3.54. The maximum atomic E-state index is 6.09. The van der Waals surface area contributed by atoms with Gasteiger partial charge in [0.2, 0.25) is 0 Å². The highest BCUT2D eigenvalue weighted by atomic mass is 35.5. The van der Waals surface area contributed by atoms with Crippen molar-refractivity contribution in [3.8, 4) is 11.3 Å². The topological polar surface area (TPSA) is 30.4 Å². The molecule has 0 aliphatic rings. The SMILES string of the molecule is Clc1ccc(Cl)c(-c2cn3ccoc3n2)c1. The van der Waals surface area contributed by atoms with E-state index < -0.39 is 0 Å². The molecule has 80 valence electrons. The molecule has 0 saturated carbocycles. The smallest absolute Gasteiger partial charge is 0.306 e. The van der Waals surface area contributed by atoms with Crippen molar-refractivity contribution < 1.29 is 4.42 Å². The van der Waals surface area contributed by atoms with Crippen LogP contribution < -0.4 is 0 Å². The van der Waals surface area contributed by atoms with E-state index in [1.54, 1.807) is 35.1 Å². The number of nitrogens with zero attached hydrogens (tertiary/aromatic N) is 2. The highest BCUT2D eigenvalue weighted by Gasteiger charge is 2.10. The van der Waals surface area contributed by atoms with Crippen molar-refractivity contribution in [2.45, 2.75) is 0 Å². The fourth-order valence-electron chi connectivity index (χ4n) is 1.55. The average molecular weight is 253 g/mol. The summed E-state index contributed by atoms with van der Waals surface area (Å²) in [6.45, 7) is 0. The monoisotopic (exact) mass is 252 g/mol. The van der Waals surface area contributed by atoms with Gasteiger partial charge in [-0.1, -0.05) is 23.2 Å². The maximum absolute atomic E-state index is 6.09. The Morgan fingerprint density at radius 3 is 2.94 bits per heavy atom. The molecule has 0 aliphatic carbocycles. The summed E-state index contributed by atoms with van der Waals surface area (Å²) in [6, 6.07) is 5.28. The molecule has 0 unspecified atom stereocenters. The number of benzene rings is 1. The Bertz CT molecular complexity index is 628. The van der Waals surface area contributed by atoms with Crippen LogP contribution in [-0.4, -0.2) is 9.38 Å². The van der Waals surface area contributed by atoms with Crippen LogP contribution in [0.3, 0.4) is 0 Å². The highest BCUT2D eigenvalue weighted by molar-refractivity contribution is 6.35. The van der Waals surface area contributed by atoms with Crippen molar-refractivity contribution >= 4 is 29.0 Å². The summed E-state index contributed by atoms with van der Waals surface area (Å²) >= 11 is 12.0. The van der Waals surface area contributed by atoms with E-state index in [2.05, 4.69) is 4.98 Å². The van der Waals surface area contributed by atoms with Crippen LogP contribution in [-0.2, 0) is 0 Å². The van der Waals surface area contributed by atoms with Gasteiger partial charge < -0.3 is 4.42 Å². The Kier molecular flexibility index (Phi) is 2.16. The van der Waals surface area contributed by atoms with Gasteiger partial charge in [-0.3, -0.25) is 4.40 Å². The van der Waals surface area contributed by atoms with Gasteiger partial charge in [0.05, 0.1) is 10.7 Å². The molecule has 16 heavy (non-hydrogen) atoms. The van der Waals surface area contributed by atoms with Crippen molar-refractivity contribution in [1.82, 2.24) is 9.38 Å². The molecule has 3 rings (SSSR count). The van der Waals surface area contributed by atoms with Crippen molar-refractivity contribution in [3.63, 3.8) is 0 Å². The standard InChI is InChI=1S/C11H6Cl2N2O/c12-7-1-2-9(13)8(5-7)10-6-15-3-4-16-11(15)14-10/h1-6H. The van der Waals surface area contributed by atoms with Gasteiger partial charge in [-0.15, -0.1) is 0 Å². The molecule has 0 spiro atoms. The van der Waals surface area contributed by atoms with Crippen LogP contribution in [0.15, 0.2) is 41.3 Å². The van der Waals surface area contributed by atoms with Crippen LogP contribution in [0.2, 0.25) is 10.0 Å². The summed E-state index contributed by atoms with van der Waals surface area (Å²) in [5, 5.41) is 1.24. The first-order valence-electron chi connectivity index (χ1n) is 4.62. The van der Waals surface area contributed by atoms with Crippen molar-refractivity contribution in [2.75, 3.05) is 0 Å². The fraction of sp³-hybridized carbons (Fsp3) is 0. The number of oxazole rings is 1. The lowest BCUT2D eigenvalue weighted by Crippen LogP contribution is -1.79. The zero-order valence-corrected chi connectivity index (χ0v) is 9.53. The molecule has 5 heteroatoms. The molecule has 2 heterocycles. The van der Waals surface area contributed by atoms with E-state index in [-0.39, 0.29) is 0 Å². The van der Waals surface area contributed by atoms with Crippen molar-refractivity contribution in [1.29, 1.82) is 0 Å². The third kappa shape index (κ3) is 1.49. The summed E-state index contributed by atoms with van der Waals surface area (Å²) in [6.07, 6.45) is 5.20. The van der Waals surface area contributed by atoms with Gasteiger partial charge in [0, 0.05) is 23.0 Å². The number of fused-ring (bicyclic) bond motifs is 1. The van der Waals surface area contributed by atoms with Crippen LogP contribution in [0.5, 0.6) is 0 Å². The number of hydrogen-bond acceptors (Lipinski definition) is 2. The normalized spacial score (nSPS) is 11.1. The molecule has 0 fully saturated rings. The lowest BCUT2D eigenvalue weighted by Gasteiger charge is -2.00. The Hall–Kier alpha value is -1.45. The highest BCUT2D eigenvalue weighted by Crippen LogP contribution is 2.30. The van der Waals surface area contributed by atoms with E-state index in [1.807, 2.05) is 6.20 Å². The van der Waals surface area contributed by atoms with Gasteiger partial charge in [-0.05, 0) is 18.2 Å². The lowest BCUT2D eigenvalue weighted by molar-refractivity contribution is 0.596. The van der Waals surface area contributed by atoms with Gasteiger partial charge in [0.25, 0.3) is 0 Å². The molecule has 3 nitrogen and oxygen atoms in total. The molecule has 0 amide bonds. The van der Waals surface area contributed by atoms with Gasteiger partial charge in [0.1, 0.15) is 6.26 Å². The Balaban J connectivity index is 2.22.